The van der Waals surface area contributed by atoms with E-state index in [1.807, 2.05) is 30.3 Å². The first kappa shape index (κ1) is 19.4. The summed E-state index contributed by atoms with van der Waals surface area (Å²) in [6.45, 7) is 5.40. The molecule has 1 aliphatic rings. The van der Waals surface area contributed by atoms with E-state index in [9.17, 15) is 0 Å². The second-order valence-electron chi connectivity index (χ2n) is 7.54. The van der Waals surface area contributed by atoms with E-state index in [2.05, 4.69) is 50.2 Å². The second-order valence-corrected chi connectivity index (χ2v) is 8.91. The maximum Gasteiger partial charge on any atom is 0.191 e. The number of hydrogen-bond acceptors (Lipinski definition) is 4. The third-order valence-electron chi connectivity index (χ3n) is 5.30. The molecule has 0 radical (unpaired) electrons. The molecule has 2 aromatic carbocycles. The number of nitrogens with zero attached hydrogens (tertiary/aromatic N) is 5. The molecule has 0 amide bonds. The zero-order chi connectivity index (χ0) is 20.5. The maximum atomic E-state index is 6.22. The summed E-state index contributed by atoms with van der Waals surface area (Å²) < 4.78 is 4.46. The molecular formula is C23H22ClN5S. The van der Waals surface area contributed by atoms with Crippen molar-refractivity contribution < 1.29 is 0 Å². The minimum absolute atomic E-state index is 0.552. The largest absolute Gasteiger partial charge is 0.323 e. The average molecular weight is 436 g/mol. The fraction of sp³-hybridized carbons (Fsp3) is 0.261. The Labute approximate surface area is 184 Å². The monoisotopic (exact) mass is 435 g/mol. The van der Waals surface area contributed by atoms with Crippen LogP contribution in [-0.4, -0.2) is 24.3 Å². The smallest absolute Gasteiger partial charge is 0.191 e. The Morgan fingerprint density at radius 3 is 2.70 bits per heavy atom. The van der Waals surface area contributed by atoms with Crippen molar-refractivity contribution in [3.8, 4) is 0 Å². The summed E-state index contributed by atoms with van der Waals surface area (Å²) in [5.41, 5.74) is 3.24. The molecule has 0 bridgehead atoms. The van der Waals surface area contributed by atoms with Crippen molar-refractivity contribution in [2.45, 2.75) is 42.8 Å². The van der Waals surface area contributed by atoms with Gasteiger partial charge in [0.15, 0.2) is 5.16 Å². The van der Waals surface area contributed by atoms with Crippen molar-refractivity contribution in [3.05, 3.63) is 83.4 Å². The van der Waals surface area contributed by atoms with Gasteiger partial charge in [-0.3, -0.25) is 0 Å². The van der Waals surface area contributed by atoms with Gasteiger partial charge in [0.1, 0.15) is 11.6 Å². The third-order valence-corrected chi connectivity index (χ3v) is 6.50. The van der Waals surface area contributed by atoms with Crippen LogP contribution in [0.15, 0.2) is 66.3 Å². The molecule has 5 nitrogen and oxygen atoms in total. The van der Waals surface area contributed by atoms with Crippen LogP contribution >= 0.6 is 23.4 Å². The van der Waals surface area contributed by atoms with Crippen molar-refractivity contribution in [3.63, 3.8) is 0 Å². The van der Waals surface area contributed by atoms with Crippen molar-refractivity contribution >= 4 is 34.4 Å². The summed E-state index contributed by atoms with van der Waals surface area (Å²) in [5, 5.41) is 10.5. The SMILES string of the molecule is C=CCn1c(SCc2nc3cc(Cl)ccc3n2Cc2ccccc2)nnc1C1CC1. The number of rotatable bonds is 8. The van der Waals surface area contributed by atoms with Gasteiger partial charge in [0.05, 0.1) is 16.8 Å². The van der Waals surface area contributed by atoms with Gasteiger partial charge in [-0.1, -0.05) is 59.8 Å². The zero-order valence-electron chi connectivity index (χ0n) is 16.5. The Balaban J connectivity index is 1.47. The lowest BCUT2D eigenvalue weighted by molar-refractivity contribution is 0.680. The quantitative estimate of drug-likeness (QED) is 0.263. The van der Waals surface area contributed by atoms with Gasteiger partial charge in [0.2, 0.25) is 0 Å². The number of hydrogen-bond donors (Lipinski definition) is 0. The predicted octanol–water partition coefficient (Wildman–Crippen LogP) is 5.69. The fourth-order valence-electron chi connectivity index (χ4n) is 3.69. The molecule has 0 aliphatic heterocycles. The van der Waals surface area contributed by atoms with Gasteiger partial charge in [-0.25, -0.2) is 4.98 Å². The molecule has 7 heteroatoms. The van der Waals surface area contributed by atoms with Crippen LogP contribution in [0.3, 0.4) is 0 Å². The Bertz CT molecular complexity index is 1190. The molecule has 0 spiro atoms. The third kappa shape index (κ3) is 3.89. The highest BCUT2D eigenvalue weighted by molar-refractivity contribution is 7.98. The van der Waals surface area contributed by atoms with Crippen LogP contribution in [-0.2, 0) is 18.8 Å². The molecule has 1 aliphatic carbocycles. The van der Waals surface area contributed by atoms with Crippen molar-refractivity contribution in [1.29, 1.82) is 0 Å². The van der Waals surface area contributed by atoms with E-state index >= 15 is 0 Å². The maximum absolute atomic E-state index is 6.22. The van der Waals surface area contributed by atoms with Crippen molar-refractivity contribution in [2.75, 3.05) is 0 Å². The highest BCUT2D eigenvalue weighted by Gasteiger charge is 2.30. The summed E-state index contributed by atoms with van der Waals surface area (Å²) in [5.74, 6) is 3.35. The molecule has 30 heavy (non-hydrogen) atoms. The highest BCUT2D eigenvalue weighted by atomic mass is 35.5. The molecule has 0 unspecified atom stereocenters. The molecule has 1 saturated carbocycles. The lowest BCUT2D eigenvalue weighted by atomic mass is 10.2. The minimum Gasteiger partial charge on any atom is -0.323 e. The summed E-state index contributed by atoms with van der Waals surface area (Å²) in [4.78, 5) is 4.89. The van der Waals surface area contributed by atoms with Crippen LogP contribution < -0.4 is 0 Å². The van der Waals surface area contributed by atoms with E-state index in [4.69, 9.17) is 16.6 Å². The number of benzene rings is 2. The van der Waals surface area contributed by atoms with E-state index < -0.39 is 0 Å². The van der Waals surface area contributed by atoms with Gasteiger partial charge in [-0.05, 0) is 36.6 Å². The summed E-state index contributed by atoms with van der Waals surface area (Å²) in [6, 6.07) is 16.4. The predicted molar refractivity (Wildman–Crippen MR) is 122 cm³/mol. The van der Waals surface area contributed by atoms with Crippen LogP contribution in [0.2, 0.25) is 5.02 Å². The number of thioether (sulfide) groups is 1. The standard InChI is InChI=1S/C23H22ClN5S/c1-2-12-28-22(17-8-9-17)26-27-23(28)30-15-21-25-19-13-18(24)10-11-20(19)29(21)14-16-6-4-3-5-7-16/h2-7,10-11,13,17H,1,8-9,12,14-15H2. The highest BCUT2D eigenvalue weighted by Crippen LogP contribution is 2.40. The van der Waals surface area contributed by atoms with Gasteiger partial charge < -0.3 is 9.13 Å². The number of allylic oxidation sites excluding steroid dienone is 1. The van der Waals surface area contributed by atoms with E-state index in [-0.39, 0.29) is 0 Å². The van der Waals surface area contributed by atoms with Crippen LogP contribution in [0, 0.1) is 0 Å². The second kappa shape index (κ2) is 8.28. The van der Waals surface area contributed by atoms with E-state index in [0.29, 0.717) is 16.7 Å². The molecule has 0 atom stereocenters. The molecular weight excluding hydrogens is 414 g/mol. The molecule has 0 saturated heterocycles. The van der Waals surface area contributed by atoms with Crippen molar-refractivity contribution in [2.24, 2.45) is 0 Å². The first-order valence-electron chi connectivity index (χ1n) is 10.1. The molecule has 1 fully saturated rings. The minimum atomic E-state index is 0.552. The Morgan fingerprint density at radius 2 is 1.93 bits per heavy atom. The Hall–Kier alpha value is -2.57. The molecule has 5 rings (SSSR count). The van der Waals surface area contributed by atoms with E-state index in [0.717, 1.165) is 40.9 Å². The lowest BCUT2D eigenvalue weighted by Gasteiger charge is -2.10. The lowest BCUT2D eigenvalue weighted by Crippen LogP contribution is -2.06. The molecule has 4 aromatic rings. The average Bonchev–Trinajstić information content (AvgIpc) is 3.44. The van der Waals surface area contributed by atoms with Crippen LogP contribution in [0.5, 0.6) is 0 Å². The van der Waals surface area contributed by atoms with Crippen LogP contribution in [0.25, 0.3) is 11.0 Å². The molecule has 2 heterocycles. The van der Waals surface area contributed by atoms with E-state index in [1.54, 1.807) is 11.8 Å². The Kier molecular flexibility index (Phi) is 5.35. The summed E-state index contributed by atoms with van der Waals surface area (Å²) in [7, 11) is 0. The molecule has 0 N–H and O–H groups in total. The van der Waals surface area contributed by atoms with Gasteiger partial charge >= 0.3 is 0 Å². The van der Waals surface area contributed by atoms with E-state index in [1.165, 1.54) is 18.4 Å². The Morgan fingerprint density at radius 1 is 1.10 bits per heavy atom. The normalized spacial score (nSPS) is 13.8. The van der Waals surface area contributed by atoms with Crippen LogP contribution in [0.1, 0.15) is 36.0 Å². The van der Waals surface area contributed by atoms with Gasteiger partial charge in [-0.15, -0.1) is 16.8 Å². The van der Waals surface area contributed by atoms with Gasteiger partial charge in [0, 0.05) is 24.0 Å². The van der Waals surface area contributed by atoms with Crippen LogP contribution in [0.4, 0.5) is 0 Å². The van der Waals surface area contributed by atoms with Crippen molar-refractivity contribution in [1.82, 2.24) is 24.3 Å². The topological polar surface area (TPSA) is 48.5 Å². The molecule has 2 aromatic heterocycles. The summed E-state index contributed by atoms with van der Waals surface area (Å²) in [6.07, 6.45) is 4.31. The fourth-order valence-corrected chi connectivity index (χ4v) is 4.75. The summed E-state index contributed by atoms with van der Waals surface area (Å²) >= 11 is 7.90. The zero-order valence-corrected chi connectivity index (χ0v) is 18.1. The van der Waals surface area contributed by atoms with Gasteiger partial charge in [-0.2, -0.15) is 0 Å². The number of aromatic nitrogens is 5. The first-order chi connectivity index (χ1) is 14.7. The molecule has 152 valence electrons. The van der Waals surface area contributed by atoms with Gasteiger partial charge in [0.25, 0.3) is 0 Å². The first-order valence-corrected chi connectivity index (χ1v) is 11.4. The number of imidazole rings is 1. The number of fused-ring (bicyclic) bond motifs is 1. The number of halogens is 1.